The van der Waals surface area contributed by atoms with Gasteiger partial charge in [0.1, 0.15) is 6.10 Å². The lowest BCUT2D eigenvalue weighted by Gasteiger charge is -2.27. The molecule has 2 unspecified atom stereocenters. The quantitative estimate of drug-likeness (QED) is 0.593. The SMILES string of the molecule is CC1CNCC(C(F)F)O1. The number of hydrogen-bond acceptors (Lipinski definition) is 2. The molecule has 1 saturated heterocycles. The number of morpholine rings is 1. The van der Waals surface area contributed by atoms with Crippen LogP contribution < -0.4 is 5.32 Å². The van der Waals surface area contributed by atoms with E-state index in [1.165, 1.54) is 0 Å². The number of hydrogen-bond donors (Lipinski definition) is 1. The van der Waals surface area contributed by atoms with Gasteiger partial charge in [-0.2, -0.15) is 0 Å². The minimum Gasteiger partial charge on any atom is -0.367 e. The molecule has 0 saturated carbocycles. The fourth-order valence-corrected chi connectivity index (χ4v) is 0.972. The van der Waals surface area contributed by atoms with Crippen LogP contribution in [0.1, 0.15) is 6.92 Å². The van der Waals surface area contributed by atoms with E-state index in [-0.39, 0.29) is 12.6 Å². The van der Waals surface area contributed by atoms with E-state index in [1.807, 2.05) is 0 Å². The first-order valence-electron chi connectivity index (χ1n) is 3.34. The van der Waals surface area contributed by atoms with Crippen LogP contribution in [0.2, 0.25) is 0 Å². The zero-order chi connectivity index (χ0) is 7.56. The van der Waals surface area contributed by atoms with E-state index in [0.717, 1.165) is 0 Å². The molecule has 1 N–H and O–H groups in total. The first-order chi connectivity index (χ1) is 4.70. The van der Waals surface area contributed by atoms with Gasteiger partial charge in [0.15, 0.2) is 0 Å². The predicted molar refractivity (Wildman–Crippen MR) is 33.2 cm³/mol. The molecule has 1 rings (SSSR count). The first kappa shape index (κ1) is 7.88. The summed E-state index contributed by atoms with van der Waals surface area (Å²) in [4.78, 5) is 0. The number of nitrogens with one attached hydrogen (secondary N) is 1. The highest BCUT2D eigenvalue weighted by atomic mass is 19.3. The fourth-order valence-electron chi connectivity index (χ4n) is 0.972. The molecule has 10 heavy (non-hydrogen) atoms. The molecule has 1 aliphatic heterocycles. The van der Waals surface area contributed by atoms with Gasteiger partial charge in [-0.15, -0.1) is 0 Å². The van der Waals surface area contributed by atoms with E-state index in [0.29, 0.717) is 6.54 Å². The molecule has 1 heterocycles. The molecular weight excluding hydrogens is 140 g/mol. The van der Waals surface area contributed by atoms with E-state index < -0.39 is 12.5 Å². The Balaban J connectivity index is 2.32. The third-order valence-corrected chi connectivity index (χ3v) is 1.47. The second kappa shape index (κ2) is 3.25. The summed E-state index contributed by atoms with van der Waals surface area (Å²) in [6.45, 7) is 2.72. The van der Waals surface area contributed by atoms with Crippen LogP contribution in [0.5, 0.6) is 0 Å². The van der Waals surface area contributed by atoms with Gasteiger partial charge in [-0.3, -0.25) is 0 Å². The van der Waals surface area contributed by atoms with E-state index >= 15 is 0 Å². The van der Waals surface area contributed by atoms with E-state index in [1.54, 1.807) is 6.92 Å². The van der Waals surface area contributed by atoms with Crippen LogP contribution in [0.25, 0.3) is 0 Å². The summed E-state index contributed by atoms with van der Waals surface area (Å²) in [6, 6.07) is 0. The third kappa shape index (κ3) is 1.88. The maximum Gasteiger partial charge on any atom is 0.265 e. The van der Waals surface area contributed by atoms with Gasteiger partial charge in [0.2, 0.25) is 0 Å². The maximum atomic E-state index is 11.9. The molecule has 0 radical (unpaired) electrons. The van der Waals surface area contributed by atoms with Crippen molar-refractivity contribution in [2.45, 2.75) is 25.6 Å². The lowest BCUT2D eigenvalue weighted by atomic mass is 10.2. The van der Waals surface area contributed by atoms with Gasteiger partial charge in [-0.05, 0) is 6.92 Å². The zero-order valence-corrected chi connectivity index (χ0v) is 5.81. The van der Waals surface area contributed by atoms with Crippen LogP contribution >= 0.6 is 0 Å². The minimum absolute atomic E-state index is 0.0900. The standard InChI is InChI=1S/C6H11F2NO/c1-4-2-9-3-5(10-4)6(7)8/h4-6,9H,2-3H2,1H3. The Morgan fingerprint density at radius 2 is 2.20 bits per heavy atom. The molecule has 4 heteroatoms. The zero-order valence-electron chi connectivity index (χ0n) is 5.81. The monoisotopic (exact) mass is 151 g/mol. The molecule has 0 amide bonds. The molecule has 0 spiro atoms. The molecule has 0 aromatic carbocycles. The Hall–Kier alpha value is -0.220. The van der Waals surface area contributed by atoms with Crippen molar-refractivity contribution in [3.05, 3.63) is 0 Å². The summed E-state index contributed by atoms with van der Waals surface area (Å²) < 4.78 is 28.8. The van der Waals surface area contributed by atoms with Crippen molar-refractivity contribution in [3.8, 4) is 0 Å². The summed E-state index contributed by atoms with van der Waals surface area (Å²) in [6.07, 6.45) is -3.37. The van der Waals surface area contributed by atoms with Crippen LogP contribution in [0.4, 0.5) is 8.78 Å². The molecule has 0 bridgehead atoms. The number of rotatable bonds is 1. The van der Waals surface area contributed by atoms with Gasteiger partial charge >= 0.3 is 0 Å². The summed E-state index contributed by atoms with van der Waals surface area (Å²) in [5, 5.41) is 2.86. The molecule has 1 fully saturated rings. The highest BCUT2D eigenvalue weighted by Gasteiger charge is 2.26. The molecule has 2 atom stereocenters. The van der Waals surface area contributed by atoms with Crippen molar-refractivity contribution in [1.82, 2.24) is 5.32 Å². The smallest absolute Gasteiger partial charge is 0.265 e. The van der Waals surface area contributed by atoms with E-state index in [4.69, 9.17) is 4.74 Å². The summed E-state index contributed by atoms with van der Waals surface area (Å²) in [5.41, 5.74) is 0. The van der Waals surface area contributed by atoms with Crippen LogP contribution in [-0.4, -0.2) is 31.7 Å². The lowest BCUT2D eigenvalue weighted by Crippen LogP contribution is -2.46. The Bertz CT molecular complexity index is 110. The van der Waals surface area contributed by atoms with Gasteiger partial charge in [0.25, 0.3) is 6.43 Å². The molecule has 0 aliphatic carbocycles. The van der Waals surface area contributed by atoms with Crippen LogP contribution in [0.15, 0.2) is 0 Å². The van der Waals surface area contributed by atoms with E-state index in [9.17, 15) is 8.78 Å². The highest BCUT2D eigenvalue weighted by Crippen LogP contribution is 2.10. The lowest BCUT2D eigenvalue weighted by molar-refractivity contribution is -0.102. The summed E-state index contributed by atoms with van der Waals surface area (Å²) >= 11 is 0. The van der Waals surface area contributed by atoms with E-state index in [2.05, 4.69) is 5.32 Å². The second-order valence-corrected chi connectivity index (χ2v) is 2.48. The summed E-state index contributed by atoms with van der Waals surface area (Å²) in [7, 11) is 0. The molecule has 0 aromatic rings. The molecule has 60 valence electrons. The average Bonchev–Trinajstić information content (AvgIpc) is 1.88. The van der Waals surface area contributed by atoms with Gasteiger partial charge < -0.3 is 10.1 Å². The van der Waals surface area contributed by atoms with Crippen molar-refractivity contribution < 1.29 is 13.5 Å². The molecule has 0 aromatic heterocycles. The van der Waals surface area contributed by atoms with Crippen molar-refractivity contribution in [1.29, 1.82) is 0 Å². The van der Waals surface area contributed by atoms with Gasteiger partial charge in [-0.1, -0.05) is 0 Å². The van der Waals surface area contributed by atoms with Gasteiger partial charge in [0.05, 0.1) is 6.10 Å². The second-order valence-electron chi connectivity index (χ2n) is 2.48. The van der Waals surface area contributed by atoms with Crippen LogP contribution in [0, 0.1) is 0 Å². The van der Waals surface area contributed by atoms with Gasteiger partial charge in [-0.25, -0.2) is 8.78 Å². The predicted octanol–water partition coefficient (Wildman–Crippen LogP) is 0.628. The number of ether oxygens (including phenoxy) is 1. The molecule has 2 nitrogen and oxygen atoms in total. The Kier molecular flexibility index (Phi) is 2.56. The van der Waals surface area contributed by atoms with Crippen molar-refractivity contribution in [2.75, 3.05) is 13.1 Å². The highest BCUT2D eigenvalue weighted by molar-refractivity contribution is 4.72. The van der Waals surface area contributed by atoms with Crippen molar-refractivity contribution in [2.24, 2.45) is 0 Å². The average molecular weight is 151 g/mol. The third-order valence-electron chi connectivity index (χ3n) is 1.47. The first-order valence-corrected chi connectivity index (χ1v) is 3.34. The van der Waals surface area contributed by atoms with Crippen LogP contribution in [-0.2, 0) is 4.74 Å². The Labute approximate surface area is 58.6 Å². The number of halogens is 2. The molecule has 1 aliphatic rings. The number of alkyl halides is 2. The van der Waals surface area contributed by atoms with Gasteiger partial charge in [0, 0.05) is 13.1 Å². The van der Waals surface area contributed by atoms with Crippen molar-refractivity contribution >= 4 is 0 Å². The Morgan fingerprint density at radius 3 is 2.60 bits per heavy atom. The summed E-state index contributed by atoms with van der Waals surface area (Å²) in [5.74, 6) is 0. The Morgan fingerprint density at radius 1 is 1.50 bits per heavy atom. The fraction of sp³-hybridized carbons (Fsp3) is 1.00. The molecular formula is C6H11F2NO. The minimum atomic E-state index is -2.37. The normalized spacial score (nSPS) is 34.8. The topological polar surface area (TPSA) is 21.3 Å². The largest absolute Gasteiger partial charge is 0.367 e. The van der Waals surface area contributed by atoms with Crippen LogP contribution in [0.3, 0.4) is 0 Å². The maximum absolute atomic E-state index is 11.9. The van der Waals surface area contributed by atoms with Crippen molar-refractivity contribution in [3.63, 3.8) is 0 Å².